The summed E-state index contributed by atoms with van der Waals surface area (Å²) in [7, 11) is -2.06. The molecule has 8 heteroatoms. The standard InChI is InChI=1S/C23H37NO6Si/c1-22(2,3)30-21(26)24-18(15-27-14-17-12-10-9-11-13-17)19(29-20(24)25)16-28-31(7,8)23(4,5)6/h9-13,18-19H,14-16H2,1-8H3/t18-,19-/m0/s1. The molecule has 1 aliphatic heterocycles. The Morgan fingerprint density at radius 3 is 2.23 bits per heavy atom. The van der Waals surface area contributed by atoms with Crippen LogP contribution >= 0.6 is 0 Å². The van der Waals surface area contributed by atoms with Gasteiger partial charge in [-0.15, -0.1) is 0 Å². The molecule has 31 heavy (non-hydrogen) atoms. The molecule has 1 aromatic rings. The minimum absolute atomic E-state index is 0.0137. The molecule has 0 aliphatic carbocycles. The van der Waals surface area contributed by atoms with Crippen LogP contribution in [0.25, 0.3) is 0 Å². The first-order valence-corrected chi connectivity index (χ1v) is 13.6. The average molecular weight is 452 g/mol. The van der Waals surface area contributed by atoms with Crippen LogP contribution in [0.5, 0.6) is 0 Å². The van der Waals surface area contributed by atoms with E-state index in [9.17, 15) is 9.59 Å². The van der Waals surface area contributed by atoms with Gasteiger partial charge >= 0.3 is 12.2 Å². The van der Waals surface area contributed by atoms with Crippen molar-refractivity contribution in [1.29, 1.82) is 0 Å². The third-order valence-electron chi connectivity index (χ3n) is 5.61. The Balaban J connectivity index is 2.14. The molecule has 2 amide bonds. The fraction of sp³-hybridized carbons (Fsp3) is 0.652. The Morgan fingerprint density at radius 1 is 1.06 bits per heavy atom. The number of nitrogens with zero attached hydrogens (tertiary/aromatic N) is 1. The number of ether oxygens (including phenoxy) is 3. The van der Waals surface area contributed by atoms with Crippen LogP contribution in [0.2, 0.25) is 18.1 Å². The monoisotopic (exact) mass is 451 g/mol. The maximum atomic E-state index is 12.7. The Bertz CT molecular complexity index is 754. The number of rotatable bonds is 7. The summed E-state index contributed by atoms with van der Waals surface area (Å²) in [6.07, 6.45) is -2.09. The molecular formula is C23H37NO6Si. The van der Waals surface area contributed by atoms with E-state index in [1.807, 2.05) is 30.3 Å². The van der Waals surface area contributed by atoms with E-state index in [2.05, 4.69) is 33.9 Å². The van der Waals surface area contributed by atoms with Crippen molar-refractivity contribution in [1.82, 2.24) is 4.90 Å². The molecule has 1 saturated heterocycles. The summed E-state index contributed by atoms with van der Waals surface area (Å²) in [6.45, 7) is 16.7. The Morgan fingerprint density at radius 2 is 1.68 bits per heavy atom. The van der Waals surface area contributed by atoms with Crippen molar-refractivity contribution < 1.29 is 28.2 Å². The van der Waals surface area contributed by atoms with Crippen LogP contribution in [0, 0.1) is 0 Å². The number of benzene rings is 1. The number of carbonyl (C=O) groups excluding carboxylic acids is 2. The van der Waals surface area contributed by atoms with Gasteiger partial charge in [0, 0.05) is 0 Å². The maximum absolute atomic E-state index is 12.7. The predicted molar refractivity (Wildman–Crippen MR) is 121 cm³/mol. The van der Waals surface area contributed by atoms with E-state index in [-0.39, 0.29) is 18.3 Å². The highest BCUT2D eigenvalue weighted by Gasteiger charge is 2.48. The van der Waals surface area contributed by atoms with Gasteiger partial charge in [-0.05, 0) is 44.5 Å². The van der Waals surface area contributed by atoms with E-state index in [0.717, 1.165) is 10.5 Å². The summed E-state index contributed by atoms with van der Waals surface area (Å²) in [4.78, 5) is 26.3. The molecule has 0 spiro atoms. The van der Waals surface area contributed by atoms with Crippen LogP contribution in [0.15, 0.2) is 30.3 Å². The van der Waals surface area contributed by atoms with Crippen LogP contribution < -0.4 is 0 Å². The lowest BCUT2D eigenvalue weighted by Gasteiger charge is -2.37. The van der Waals surface area contributed by atoms with Crippen LogP contribution in [0.1, 0.15) is 47.1 Å². The highest BCUT2D eigenvalue weighted by Crippen LogP contribution is 2.37. The zero-order valence-corrected chi connectivity index (χ0v) is 21.1. The van der Waals surface area contributed by atoms with E-state index in [4.69, 9.17) is 18.6 Å². The lowest BCUT2D eigenvalue weighted by atomic mass is 10.1. The summed E-state index contributed by atoms with van der Waals surface area (Å²) in [5.41, 5.74) is 0.272. The third kappa shape index (κ3) is 7.05. The summed E-state index contributed by atoms with van der Waals surface area (Å²) in [6, 6.07) is 9.09. The van der Waals surface area contributed by atoms with Crippen LogP contribution in [-0.2, 0) is 25.2 Å². The largest absolute Gasteiger partial charge is 0.443 e. The van der Waals surface area contributed by atoms with Crippen molar-refractivity contribution in [2.75, 3.05) is 13.2 Å². The highest BCUT2D eigenvalue weighted by atomic mass is 28.4. The molecule has 0 unspecified atom stereocenters. The minimum Gasteiger partial charge on any atom is -0.443 e. The number of imide groups is 1. The van der Waals surface area contributed by atoms with Gasteiger partial charge in [-0.2, -0.15) is 0 Å². The van der Waals surface area contributed by atoms with Crippen molar-refractivity contribution in [3.05, 3.63) is 35.9 Å². The van der Waals surface area contributed by atoms with Gasteiger partial charge in [0.1, 0.15) is 17.7 Å². The zero-order valence-electron chi connectivity index (χ0n) is 20.1. The number of amides is 2. The first-order chi connectivity index (χ1) is 14.2. The van der Waals surface area contributed by atoms with Crippen molar-refractivity contribution in [3.63, 3.8) is 0 Å². The van der Waals surface area contributed by atoms with E-state index in [0.29, 0.717) is 6.61 Å². The third-order valence-corrected chi connectivity index (χ3v) is 10.1. The summed E-state index contributed by atoms with van der Waals surface area (Å²) >= 11 is 0. The van der Waals surface area contributed by atoms with Crippen molar-refractivity contribution >= 4 is 20.5 Å². The molecule has 2 atom stereocenters. The first-order valence-electron chi connectivity index (χ1n) is 10.7. The SMILES string of the molecule is CC(C)(C)OC(=O)N1C(=O)O[C@@H](CO[Si](C)(C)C(C)(C)C)[C@@H]1COCc1ccccc1. The number of hydrogen-bond donors (Lipinski definition) is 0. The second-order valence-electron chi connectivity index (χ2n) is 10.4. The van der Waals surface area contributed by atoms with Gasteiger partial charge in [0.25, 0.3) is 0 Å². The van der Waals surface area contributed by atoms with Gasteiger partial charge in [0.15, 0.2) is 8.32 Å². The van der Waals surface area contributed by atoms with Gasteiger partial charge in [-0.1, -0.05) is 51.1 Å². The summed E-state index contributed by atoms with van der Waals surface area (Å²) in [5, 5.41) is 0.0137. The Kier molecular flexibility index (Phi) is 7.94. The summed E-state index contributed by atoms with van der Waals surface area (Å²) in [5.74, 6) is 0. The van der Waals surface area contributed by atoms with Crippen LogP contribution in [0.4, 0.5) is 9.59 Å². The van der Waals surface area contributed by atoms with Gasteiger partial charge in [-0.3, -0.25) is 0 Å². The quantitative estimate of drug-likeness (QED) is 0.520. The number of cyclic esters (lactones) is 1. The van der Waals surface area contributed by atoms with Crippen molar-refractivity contribution in [2.45, 2.75) is 84.0 Å². The molecule has 0 saturated carbocycles. The Labute approximate surface area is 187 Å². The van der Waals surface area contributed by atoms with E-state index < -0.39 is 38.3 Å². The van der Waals surface area contributed by atoms with Gasteiger partial charge < -0.3 is 18.6 Å². The zero-order chi connectivity index (χ0) is 23.4. The molecule has 0 aromatic heterocycles. The average Bonchev–Trinajstić information content (AvgIpc) is 2.94. The van der Waals surface area contributed by atoms with E-state index in [1.54, 1.807) is 20.8 Å². The molecule has 0 radical (unpaired) electrons. The Hall–Kier alpha value is -1.90. The fourth-order valence-corrected chi connectivity index (χ4v) is 3.81. The number of carbonyl (C=O) groups is 2. The van der Waals surface area contributed by atoms with E-state index >= 15 is 0 Å². The van der Waals surface area contributed by atoms with Gasteiger partial charge in [0.2, 0.25) is 0 Å². The van der Waals surface area contributed by atoms with Crippen LogP contribution in [-0.4, -0.2) is 56.4 Å². The molecule has 174 valence electrons. The van der Waals surface area contributed by atoms with Crippen molar-refractivity contribution in [3.8, 4) is 0 Å². The number of hydrogen-bond acceptors (Lipinski definition) is 6. The predicted octanol–water partition coefficient (Wildman–Crippen LogP) is 5.35. The lowest BCUT2D eigenvalue weighted by molar-refractivity contribution is 0.00946. The molecule has 1 aromatic carbocycles. The normalized spacial score (nSPS) is 20.0. The maximum Gasteiger partial charge on any atom is 0.420 e. The molecule has 1 aliphatic rings. The fourth-order valence-electron chi connectivity index (χ4n) is 2.79. The molecular weight excluding hydrogens is 414 g/mol. The lowest BCUT2D eigenvalue weighted by Crippen LogP contribution is -2.49. The second kappa shape index (κ2) is 9.71. The molecule has 1 fully saturated rings. The molecule has 0 N–H and O–H groups in total. The summed E-state index contributed by atoms with van der Waals surface area (Å²) < 4.78 is 23.1. The smallest absolute Gasteiger partial charge is 0.420 e. The molecule has 2 rings (SSSR count). The minimum atomic E-state index is -2.06. The molecule has 7 nitrogen and oxygen atoms in total. The van der Waals surface area contributed by atoms with Gasteiger partial charge in [0.05, 0.1) is 19.8 Å². The van der Waals surface area contributed by atoms with Gasteiger partial charge in [-0.25, -0.2) is 14.5 Å². The van der Waals surface area contributed by atoms with Crippen molar-refractivity contribution in [2.24, 2.45) is 0 Å². The van der Waals surface area contributed by atoms with E-state index in [1.165, 1.54) is 0 Å². The topological polar surface area (TPSA) is 74.3 Å². The first kappa shape index (κ1) is 25.4. The second-order valence-corrected chi connectivity index (χ2v) is 15.2. The molecule has 1 heterocycles. The van der Waals surface area contributed by atoms with Crippen LogP contribution in [0.3, 0.4) is 0 Å². The molecule has 0 bridgehead atoms. The highest BCUT2D eigenvalue weighted by molar-refractivity contribution is 6.74.